The summed E-state index contributed by atoms with van der Waals surface area (Å²) in [5, 5.41) is 1.25. The molecule has 0 saturated carbocycles. The molecule has 0 spiro atoms. The Balaban J connectivity index is 2.12. The quantitative estimate of drug-likeness (QED) is 0.614. The van der Waals surface area contributed by atoms with Crippen LogP contribution in [0.2, 0.25) is 5.02 Å². The van der Waals surface area contributed by atoms with E-state index in [1.807, 2.05) is 24.3 Å². The molecule has 1 heterocycles. The summed E-state index contributed by atoms with van der Waals surface area (Å²) in [6, 6.07) is 14.6. The molecule has 1 unspecified atom stereocenters. The standard InChI is InChI=1S/C16H10BrClO2/c17-15(10-5-7-11(18)8-6-10)13-9-20-14-4-2-1-3-12(14)16(13)19/h1-9,15H. The molecule has 0 amide bonds. The summed E-state index contributed by atoms with van der Waals surface area (Å²) >= 11 is 9.43. The zero-order valence-electron chi connectivity index (χ0n) is 10.3. The molecular formula is C16H10BrClO2. The Bertz CT molecular complexity index is 809. The van der Waals surface area contributed by atoms with Gasteiger partial charge in [0.2, 0.25) is 0 Å². The predicted octanol–water partition coefficient (Wildman–Crippen LogP) is 4.93. The molecule has 3 rings (SSSR count). The highest BCUT2D eigenvalue weighted by Gasteiger charge is 2.16. The predicted molar refractivity (Wildman–Crippen MR) is 84.7 cm³/mol. The molecule has 2 nitrogen and oxygen atoms in total. The van der Waals surface area contributed by atoms with Crippen molar-refractivity contribution in [3.63, 3.8) is 0 Å². The van der Waals surface area contributed by atoms with Crippen molar-refractivity contribution >= 4 is 38.5 Å². The number of alkyl halides is 1. The Morgan fingerprint density at radius 1 is 1.05 bits per heavy atom. The number of halogens is 2. The van der Waals surface area contributed by atoms with Gasteiger partial charge in [0.05, 0.1) is 22.0 Å². The van der Waals surface area contributed by atoms with E-state index in [0.717, 1.165) is 5.56 Å². The maximum Gasteiger partial charge on any atom is 0.197 e. The molecule has 1 aromatic heterocycles. The first kappa shape index (κ1) is 13.4. The Kier molecular flexibility index (Phi) is 3.64. The minimum absolute atomic E-state index is 0.0244. The van der Waals surface area contributed by atoms with Gasteiger partial charge in [-0.2, -0.15) is 0 Å². The number of benzene rings is 2. The Labute approximate surface area is 129 Å². The first-order valence-corrected chi connectivity index (χ1v) is 7.36. The lowest BCUT2D eigenvalue weighted by atomic mass is 10.0. The zero-order valence-corrected chi connectivity index (χ0v) is 12.7. The summed E-state index contributed by atoms with van der Waals surface area (Å²) in [5.74, 6) is 0. The number of hydrogen-bond acceptors (Lipinski definition) is 2. The van der Waals surface area contributed by atoms with Gasteiger partial charge < -0.3 is 4.42 Å². The van der Waals surface area contributed by atoms with Crippen molar-refractivity contribution in [3.8, 4) is 0 Å². The van der Waals surface area contributed by atoms with Gasteiger partial charge in [0.25, 0.3) is 0 Å². The van der Waals surface area contributed by atoms with Gasteiger partial charge in [0.1, 0.15) is 5.58 Å². The summed E-state index contributed by atoms with van der Waals surface area (Å²) in [4.78, 5) is 12.3. The van der Waals surface area contributed by atoms with Crippen LogP contribution in [0.25, 0.3) is 11.0 Å². The third-order valence-electron chi connectivity index (χ3n) is 3.14. The lowest BCUT2D eigenvalue weighted by molar-refractivity contribution is 0.594. The van der Waals surface area contributed by atoms with Crippen LogP contribution in [0.1, 0.15) is 16.0 Å². The van der Waals surface area contributed by atoms with Gasteiger partial charge in [-0.25, -0.2) is 0 Å². The van der Waals surface area contributed by atoms with Gasteiger partial charge in [-0.3, -0.25) is 4.79 Å². The van der Waals surface area contributed by atoms with Crippen molar-refractivity contribution in [1.29, 1.82) is 0 Å². The molecule has 0 aliphatic heterocycles. The van der Waals surface area contributed by atoms with Crippen LogP contribution in [-0.4, -0.2) is 0 Å². The van der Waals surface area contributed by atoms with E-state index in [-0.39, 0.29) is 10.3 Å². The van der Waals surface area contributed by atoms with Crippen molar-refractivity contribution in [2.24, 2.45) is 0 Å². The van der Waals surface area contributed by atoms with E-state index in [9.17, 15) is 4.79 Å². The van der Waals surface area contributed by atoms with Gasteiger partial charge in [-0.05, 0) is 29.8 Å². The maximum atomic E-state index is 12.5. The lowest BCUT2D eigenvalue weighted by Crippen LogP contribution is -2.10. The fraction of sp³-hybridized carbons (Fsp3) is 0.0625. The van der Waals surface area contributed by atoms with Crippen molar-refractivity contribution in [2.45, 2.75) is 4.83 Å². The average Bonchev–Trinajstić information content (AvgIpc) is 2.48. The monoisotopic (exact) mass is 348 g/mol. The molecule has 0 N–H and O–H groups in total. The summed E-state index contributed by atoms with van der Waals surface area (Å²) < 4.78 is 5.53. The first-order chi connectivity index (χ1) is 9.66. The molecule has 0 fully saturated rings. The second-order valence-electron chi connectivity index (χ2n) is 4.43. The van der Waals surface area contributed by atoms with Gasteiger partial charge in [-0.15, -0.1) is 0 Å². The third kappa shape index (κ3) is 2.39. The van der Waals surface area contributed by atoms with Crippen LogP contribution in [0.5, 0.6) is 0 Å². The van der Waals surface area contributed by atoms with Gasteiger partial charge in [0.15, 0.2) is 5.43 Å². The molecule has 4 heteroatoms. The van der Waals surface area contributed by atoms with E-state index in [4.69, 9.17) is 16.0 Å². The fourth-order valence-corrected chi connectivity index (χ4v) is 2.83. The fourth-order valence-electron chi connectivity index (χ4n) is 2.08. The van der Waals surface area contributed by atoms with E-state index in [2.05, 4.69) is 15.9 Å². The van der Waals surface area contributed by atoms with E-state index in [0.29, 0.717) is 21.6 Å². The highest BCUT2D eigenvalue weighted by atomic mass is 79.9. The van der Waals surface area contributed by atoms with Gasteiger partial charge >= 0.3 is 0 Å². The minimum Gasteiger partial charge on any atom is -0.464 e. The Hall–Kier alpha value is -1.58. The normalized spacial score (nSPS) is 12.5. The lowest BCUT2D eigenvalue weighted by Gasteiger charge is -2.10. The average molecular weight is 350 g/mol. The molecule has 0 aliphatic carbocycles. The number of para-hydroxylation sites is 1. The maximum absolute atomic E-state index is 12.5. The Morgan fingerprint density at radius 3 is 2.50 bits per heavy atom. The summed E-state index contributed by atoms with van der Waals surface area (Å²) in [6.45, 7) is 0. The topological polar surface area (TPSA) is 30.2 Å². The minimum atomic E-state index is -0.222. The van der Waals surface area contributed by atoms with Crippen molar-refractivity contribution in [1.82, 2.24) is 0 Å². The van der Waals surface area contributed by atoms with Crippen LogP contribution < -0.4 is 5.43 Å². The summed E-state index contributed by atoms with van der Waals surface area (Å²) in [5.41, 5.74) is 2.10. The zero-order chi connectivity index (χ0) is 14.1. The summed E-state index contributed by atoms with van der Waals surface area (Å²) in [6.07, 6.45) is 1.51. The molecule has 3 aromatic rings. The second-order valence-corrected chi connectivity index (χ2v) is 5.78. The molecule has 0 aliphatic rings. The van der Waals surface area contributed by atoms with Crippen LogP contribution in [-0.2, 0) is 0 Å². The van der Waals surface area contributed by atoms with Crippen LogP contribution >= 0.6 is 27.5 Å². The molecule has 0 saturated heterocycles. The van der Waals surface area contributed by atoms with E-state index >= 15 is 0 Å². The molecule has 2 aromatic carbocycles. The molecular weight excluding hydrogens is 340 g/mol. The van der Waals surface area contributed by atoms with Crippen molar-refractivity contribution in [3.05, 3.63) is 81.2 Å². The van der Waals surface area contributed by atoms with Gasteiger partial charge in [0, 0.05) is 5.02 Å². The van der Waals surface area contributed by atoms with E-state index in [1.54, 1.807) is 24.3 Å². The number of hydrogen-bond donors (Lipinski definition) is 0. The van der Waals surface area contributed by atoms with Crippen LogP contribution in [0.4, 0.5) is 0 Å². The largest absolute Gasteiger partial charge is 0.464 e. The Morgan fingerprint density at radius 2 is 1.75 bits per heavy atom. The smallest absolute Gasteiger partial charge is 0.197 e. The van der Waals surface area contributed by atoms with Crippen molar-refractivity contribution in [2.75, 3.05) is 0 Å². The van der Waals surface area contributed by atoms with Gasteiger partial charge in [-0.1, -0.05) is 51.8 Å². The molecule has 1 atom stereocenters. The SMILES string of the molecule is O=c1c(C(Br)c2ccc(Cl)cc2)coc2ccccc12. The van der Waals surface area contributed by atoms with Crippen molar-refractivity contribution < 1.29 is 4.42 Å². The highest BCUT2D eigenvalue weighted by molar-refractivity contribution is 9.09. The first-order valence-electron chi connectivity index (χ1n) is 6.07. The molecule has 20 heavy (non-hydrogen) atoms. The van der Waals surface area contributed by atoms with E-state index in [1.165, 1.54) is 6.26 Å². The third-order valence-corrected chi connectivity index (χ3v) is 4.42. The number of fused-ring (bicyclic) bond motifs is 1. The molecule has 100 valence electrons. The highest BCUT2D eigenvalue weighted by Crippen LogP contribution is 2.30. The molecule has 0 radical (unpaired) electrons. The van der Waals surface area contributed by atoms with Crippen LogP contribution in [0, 0.1) is 0 Å². The van der Waals surface area contributed by atoms with Crippen LogP contribution in [0.15, 0.2) is 64.0 Å². The summed E-state index contributed by atoms with van der Waals surface area (Å²) in [7, 11) is 0. The van der Waals surface area contributed by atoms with E-state index < -0.39 is 0 Å². The second kappa shape index (κ2) is 5.43. The number of rotatable bonds is 2. The van der Waals surface area contributed by atoms with Crippen LogP contribution in [0.3, 0.4) is 0 Å². The molecule has 0 bridgehead atoms.